The monoisotopic (exact) mass is 440 g/mol. The molecule has 128 valence electrons. The molecule has 0 nitrogen and oxygen atoms in total. The molecule has 0 aliphatic rings. The van der Waals surface area contributed by atoms with Crippen molar-refractivity contribution in [2.75, 3.05) is 0 Å². The van der Waals surface area contributed by atoms with Crippen LogP contribution in [0.1, 0.15) is 0 Å². The number of hydrogen-bond acceptors (Lipinski definition) is 0. The van der Waals surface area contributed by atoms with E-state index in [-0.39, 0.29) is 0 Å². The van der Waals surface area contributed by atoms with Crippen molar-refractivity contribution in [3.05, 3.63) is 58.2 Å². The van der Waals surface area contributed by atoms with Gasteiger partial charge in [-0.3, -0.25) is 0 Å². The maximum absolute atomic E-state index is 13.7. The van der Waals surface area contributed by atoms with Gasteiger partial charge < -0.3 is 0 Å². The van der Waals surface area contributed by atoms with Crippen LogP contribution in [-0.4, -0.2) is 12.3 Å². The number of halogens is 11. The van der Waals surface area contributed by atoms with Crippen molar-refractivity contribution >= 4 is 35.2 Å². The van der Waals surface area contributed by atoms with E-state index >= 15 is 0 Å². The third kappa shape index (κ3) is 2.70. The van der Waals surface area contributed by atoms with E-state index in [1.54, 1.807) is 0 Å². The summed E-state index contributed by atoms with van der Waals surface area (Å²) in [7, 11) is 0. The van der Waals surface area contributed by atoms with E-state index in [1.807, 2.05) is 0 Å². The van der Waals surface area contributed by atoms with Crippen LogP contribution in [0, 0.1) is 58.2 Å². The molecule has 2 aromatic carbocycles. The first-order valence-corrected chi connectivity index (χ1v) is 10.0. The Bertz CT molecular complexity index is 725. The highest BCUT2D eigenvalue weighted by atomic mass is 79.9. The van der Waals surface area contributed by atoms with Gasteiger partial charge in [0.1, 0.15) is 0 Å². The van der Waals surface area contributed by atoms with Crippen molar-refractivity contribution in [2.45, 2.75) is 0 Å². The van der Waals surface area contributed by atoms with Crippen molar-refractivity contribution in [1.29, 1.82) is 0 Å². The zero-order chi connectivity index (χ0) is 18.5. The van der Waals surface area contributed by atoms with Gasteiger partial charge in [0.05, 0.1) is 0 Å². The fourth-order valence-corrected chi connectivity index (χ4v) is 5.93. The molecular formula is C12AlBrF10. The summed E-state index contributed by atoms with van der Waals surface area (Å²) in [6, 6.07) is 0. The van der Waals surface area contributed by atoms with Gasteiger partial charge in [-0.15, -0.1) is 0 Å². The first-order chi connectivity index (χ1) is 11.0. The Kier molecular flexibility index (Phi) is 5.23. The molecule has 2 aromatic rings. The van der Waals surface area contributed by atoms with Crippen LogP contribution in [0.4, 0.5) is 43.9 Å². The molecule has 24 heavy (non-hydrogen) atoms. The van der Waals surface area contributed by atoms with Crippen LogP contribution in [-0.2, 0) is 0 Å². The molecule has 0 bridgehead atoms. The predicted molar refractivity (Wildman–Crippen MR) is 66.4 cm³/mol. The van der Waals surface area contributed by atoms with Crippen LogP contribution < -0.4 is 8.85 Å². The molecule has 0 fully saturated rings. The first kappa shape index (κ1) is 19.1. The minimum atomic E-state index is -4.21. The highest BCUT2D eigenvalue weighted by molar-refractivity contribution is 9.25. The van der Waals surface area contributed by atoms with Crippen molar-refractivity contribution < 1.29 is 43.9 Å². The summed E-state index contributed by atoms with van der Waals surface area (Å²) >= 11 is -1.86. The third-order valence-corrected chi connectivity index (χ3v) is 7.77. The van der Waals surface area contributed by atoms with Crippen LogP contribution >= 0.6 is 14.1 Å². The summed E-state index contributed by atoms with van der Waals surface area (Å²) in [5.41, 5.74) is 0. The maximum atomic E-state index is 13.7. The van der Waals surface area contributed by atoms with E-state index in [2.05, 4.69) is 14.1 Å². The van der Waals surface area contributed by atoms with Crippen LogP contribution in [0.5, 0.6) is 0 Å². The van der Waals surface area contributed by atoms with Gasteiger partial charge in [-0.05, 0) is 8.85 Å². The first-order valence-electron chi connectivity index (χ1n) is 5.69. The average molecular weight is 441 g/mol. The average Bonchev–Trinajstić information content (AvgIpc) is 2.55. The molecule has 0 aliphatic carbocycles. The van der Waals surface area contributed by atoms with Gasteiger partial charge in [-0.25, -0.2) is 58.0 Å². The molecular weight excluding hydrogens is 441 g/mol. The topological polar surface area (TPSA) is 0 Å². The molecule has 0 saturated carbocycles. The summed E-state index contributed by atoms with van der Waals surface area (Å²) in [5, 5.41) is 0. The smallest absolute Gasteiger partial charge is 0.205 e. The van der Waals surface area contributed by atoms with E-state index < -0.39 is 79.3 Å². The second kappa shape index (κ2) is 6.57. The molecule has 0 aromatic heterocycles. The summed E-state index contributed by atoms with van der Waals surface area (Å²) < 4.78 is 130. The van der Waals surface area contributed by atoms with Gasteiger partial charge >= 0.3 is 12.3 Å². The van der Waals surface area contributed by atoms with E-state index in [4.69, 9.17) is 0 Å². The molecule has 2 rings (SSSR count). The van der Waals surface area contributed by atoms with E-state index in [0.29, 0.717) is 0 Å². The number of rotatable bonds is 2. The van der Waals surface area contributed by atoms with Crippen LogP contribution in [0.15, 0.2) is 0 Å². The fourth-order valence-electron chi connectivity index (χ4n) is 1.83. The minimum Gasteiger partial charge on any atom is -0.205 e. The lowest BCUT2D eigenvalue weighted by molar-refractivity contribution is 0.382. The summed E-state index contributed by atoms with van der Waals surface area (Å²) in [5.74, 6) is -24.4. The Morgan fingerprint density at radius 3 is 0.750 bits per heavy atom. The molecule has 0 radical (unpaired) electrons. The largest absolute Gasteiger partial charge is 0.457 e. The SMILES string of the molecule is Fc1c(F)c(F)[c]([Al]([Br])[c]2c(F)c(F)c(F)c(F)c2F)c(F)c1F. The second-order valence-electron chi connectivity index (χ2n) is 4.33. The molecule has 0 heterocycles. The van der Waals surface area contributed by atoms with Gasteiger partial charge in [0.25, 0.3) is 0 Å². The van der Waals surface area contributed by atoms with Crippen LogP contribution in [0.25, 0.3) is 0 Å². The Labute approximate surface area is 137 Å². The molecule has 0 aliphatic heterocycles. The minimum absolute atomic E-state index is 1.67. The van der Waals surface area contributed by atoms with Crippen molar-refractivity contribution in [3.63, 3.8) is 0 Å². The zero-order valence-corrected chi connectivity index (χ0v) is 13.5. The highest BCUT2D eigenvalue weighted by Gasteiger charge is 2.40. The molecule has 0 amide bonds. The molecule has 0 atom stereocenters. The summed E-state index contributed by atoms with van der Waals surface area (Å²) in [4.78, 5) is 0. The normalized spacial score (nSPS) is 11.1. The maximum Gasteiger partial charge on any atom is 0.457 e. The van der Waals surface area contributed by atoms with Crippen molar-refractivity contribution in [2.24, 2.45) is 0 Å². The number of hydrogen-bond donors (Lipinski definition) is 0. The zero-order valence-electron chi connectivity index (χ0n) is 10.7. The standard InChI is InChI=1S/2C6F5.Al.BrH/c2*7-2-1-3(8)5(10)6(11)4(2)9;;/h;;;1H/q;;+1;/p-1. The van der Waals surface area contributed by atoms with E-state index in [1.165, 1.54) is 0 Å². The highest BCUT2D eigenvalue weighted by Crippen LogP contribution is 2.21. The van der Waals surface area contributed by atoms with Crippen molar-refractivity contribution in [1.82, 2.24) is 0 Å². The predicted octanol–water partition coefficient (Wildman–Crippen LogP) is 3.58. The molecule has 0 N–H and O–H groups in total. The lowest BCUT2D eigenvalue weighted by atomic mass is 10.3. The number of benzene rings is 2. The van der Waals surface area contributed by atoms with E-state index in [9.17, 15) is 43.9 Å². The molecule has 12 heteroatoms. The fraction of sp³-hybridized carbons (Fsp3) is 0. The lowest BCUT2D eigenvalue weighted by Crippen LogP contribution is -2.46. The van der Waals surface area contributed by atoms with Crippen LogP contribution in [0.3, 0.4) is 0 Å². The third-order valence-electron chi connectivity index (χ3n) is 2.99. The molecule has 0 spiro atoms. The summed E-state index contributed by atoms with van der Waals surface area (Å²) in [6.45, 7) is 0. The lowest BCUT2D eigenvalue weighted by Gasteiger charge is -2.13. The van der Waals surface area contributed by atoms with Crippen molar-refractivity contribution in [3.8, 4) is 0 Å². The second-order valence-corrected chi connectivity index (χ2v) is 8.96. The van der Waals surface area contributed by atoms with E-state index in [0.717, 1.165) is 0 Å². The molecule has 0 saturated heterocycles. The Morgan fingerprint density at radius 2 is 0.542 bits per heavy atom. The Balaban J connectivity index is 2.84. The molecule has 0 unspecified atom stereocenters. The Morgan fingerprint density at radius 1 is 0.375 bits per heavy atom. The van der Waals surface area contributed by atoms with Gasteiger partial charge in [0.15, 0.2) is 58.2 Å². The van der Waals surface area contributed by atoms with Crippen LogP contribution in [0.2, 0.25) is 0 Å². The Hall–Kier alpha value is -1.25. The van der Waals surface area contributed by atoms with Gasteiger partial charge in [0, 0.05) is 0 Å². The quantitative estimate of drug-likeness (QED) is 0.290. The van der Waals surface area contributed by atoms with Gasteiger partial charge in [-0.1, -0.05) is 0 Å². The van der Waals surface area contributed by atoms with Gasteiger partial charge in [-0.2, -0.15) is 0 Å². The van der Waals surface area contributed by atoms with Gasteiger partial charge in [0.2, 0.25) is 0 Å². The summed E-state index contributed by atoms with van der Waals surface area (Å²) in [6.07, 6.45) is 0.